The maximum absolute atomic E-state index is 12.8. The van der Waals surface area contributed by atoms with Crippen molar-refractivity contribution in [2.45, 2.75) is 76.9 Å². The summed E-state index contributed by atoms with van der Waals surface area (Å²) in [6.45, 7) is 5.27. The molecule has 0 aromatic heterocycles. The van der Waals surface area contributed by atoms with E-state index in [2.05, 4.69) is 0 Å². The average molecular weight is 445 g/mol. The minimum atomic E-state index is -0.699. The third kappa shape index (κ3) is 4.48. The third-order valence-corrected chi connectivity index (χ3v) is 7.43. The van der Waals surface area contributed by atoms with Crippen molar-refractivity contribution < 1.29 is 33.7 Å². The van der Waals surface area contributed by atoms with E-state index < -0.39 is 35.2 Å². The van der Waals surface area contributed by atoms with Gasteiger partial charge < -0.3 is 19.3 Å². The van der Waals surface area contributed by atoms with Gasteiger partial charge in [0.2, 0.25) is 0 Å². The van der Waals surface area contributed by atoms with E-state index in [0.29, 0.717) is 24.7 Å². The topological polar surface area (TPSA) is 99.1 Å². The van der Waals surface area contributed by atoms with E-state index >= 15 is 0 Å². The summed E-state index contributed by atoms with van der Waals surface area (Å²) in [6.07, 6.45) is 5.42. The Bertz CT molecular complexity index is 905. The smallest absolute Gasteiger partial charge is 0.344 e. The molecule has 0 heterocycles. The summed E-state index contributed by atoms with van der Waals surface area (Å²) in [7, 11) is 0. The van der Waals surface area contributed by atoms with Gasteiger partial charge in [-0.3, -0.25) is 4.79 Å². The second-order valence-corrected chi connectivity index (χ2v) is 10.6. The fourth-order valence-electron chi connectivity index (χ4n) is 5.93. The highest BCUT2D eigenvalue weighted by Crippen LogP contribution is 2.60. The Morgan fingerprint density at radius 1 is 1.06 bits per heavy atom. The van der Waals surface area contributed by atoms with Gasteiger partial charge in [-0.25, -0.2) is 9.59 Å². The highest BCUT2D eigenvalue weighted by atomic mass is 16.6. The number of benzene rings is 1. The summed E-state index contributed by atoms with van der Waals surface area (Å²) in [5, 5.41) is 9.50. The normalized spacial score (nSPS) is 30.6. The first-order valence-corrected chi connectivity index (χ1v) is 11.5. The molecule has 1 N–H and O–H groups in total. The summed E-state index contributed by atoms with van der Waals surface area (Å²) in [5.74, 6) is -0.829. The predicted molar refractivity (Wildman–Crippen MR) is 115 cm³/mol. The van der Waals surface area contributed by atoms with Gasteiger partial charge in [-0.15, -0.1) is 0 Å². The van der Waals surface area contributed by atoms with Crippen LogP contribution >= 0.6 is 0 Å². The van der Waals surface area contributed by atoms with Crippen LogP contribution in [0.1, 0.15) is 76.1 Å². The lowest BCUT2D eigenvalue weighted by molar-refractivity contribution is -0.236. The molecule has 2 atom stereocenters. The number of ether oxygens (including phenoxy) is 3. The second-order valence-electron chi connectivity index (χ2n) is 10.6. The molecule has 7 heteroatoms. The lowest BCUT2D eigenvalue weighted by Gasteiger charge is -2.60. The summed E-state index contributed by atoms with van der Waals surface area (Å²) in [5.41, 5.74) is -1.63. The van der Waals surface area contributed by atoms with E-state index in [1.807, 2.05) is 20.8 Å². The molecule has 0 amide bonds. The van der Waals surface area contributed by atoms with Gasteiger partial charge in [-0.2, -0.15) is 0 Å². The second kappa shape index (κ2) is 8.09. The number of phenolic OH excluding ortho intramolecular Hbond substituents is 1. The minimum Gasteiger partial charge on any atom is -0.508 e. The van der Waals surface area contributed by atoms with E-state index in [0.717, 1.165) is 32.1 Å². The summed E-state index contributed by atoms with van der Waals surface area (Å²) >= 11 is 0. The van der Waals surface area contributed by atoms with E-state index in [4.69, 9.17) is 14.2 Å². The zero-order valence-corrected chi connectivity index (χ0v) is 19.0. The SMILES string of the molecule is CCC(C)(C)C(=O)OC12CC3CC(CC(OC(=O)COC(=O)c4cccc(O)c4)(C3)C1)C2. The van der Waals surface area contributed by atoms with Crippen LogP contribution in [0.15, 0.2) is 24.3 Å². The number of hydrogen-bond acceptors (Lipinski definition) is 7. The van der Waals surface area contributed by atoms with Crippen molar-refractivity contribution in [3.8, 4) is 5.75 Å². The Labute approximate surface area is 188 Å². The fraction of sp³-hybridized carbons (Fsp3) is 0.640. The first kappa shape index (κ1) is 22.6. The fourth-order valence-corrected chi connectivity index (χ4v) is 5.93. The molecule has 0 radical (unpaired) electrons. The quantitative estimate of drug-likeness (QED) is 0.498. The van der Waals surface area contributed by atoms with Gasteiger partial charge in [0.1, 0.15) is 17.0 Å². The molecule has 1 aromatic carbocycles. The Morgan fingerprint density at radius 3 is 2.28 bits per heavy atom. The number of carbonyl (C=O) groups excluding carboxylic acids is 3. The largest absolute Gasteiger partial charge is 0.508 e. The van der Waals surface area contributed by atoms with E-state index in [-0.39, 0.29) is 17.3 Å². The molecule has 5 rings (SSSR count). The van der Waals surface area contributed by atoms with Gasteiger partial charge in [0, 0.05) is 6.42 Å². The molecule has 4 bridgehead atoms. The summed E-state index contributed by atoms with van der Waals surface area (Å²) < 4.78 is 17.2. The Morgan fingerprint density at radius 2 is 1.69 bits per heavy atom. The van der Waals surface area contributed by atoms with E-state index in [9.17, 15) is 19.5 Å². The zero-order chi connectivity index (χ0) is 23.1. The van der Waals surface area contributed by atoms with Gasteiger partial charge in [-0.05, 0) is 82.4 Å². The molecule has 2 unspecified atom stereocenters. The monoisotopic (exact) mass is 444 g/mol. The molecular formula is C25H32O7. The molecule has 0 aliphatic heterocycles. The zero-order valence-electron chi connectivity index (χ0n) is 19.0. The van der Waals surface area contributed by atoms with Crippen LogP contribution in [0, 0.1) is 17.3 Å². The summed E-state index contributed by atoms with van der Waals surface area (Å²) in [4.78, 5) is 37.6. The first-order valence-electron chi connectivity index (χ1n) is 11.5. The molecule has 4 aliphatic rings. The molecule has 174 valence electrons. The standard InChI is InChI=1S/C25H32O7/c1-4-23(2,3)22(29)32-25-12-16-8-17(13-25)11-24(10-16,15-25)31-20(27)14-30-21(28)18-6-5-7-19(26)9-18/h5-7,9,16-17,26H,4,8,10-15H2,1-3H3. The molecule has 4 saturated carbocycles. The van der Waals surface area contributed by atoms with Crippen LogP contribution in [0.25, 0.3) is 0 Å². The van der Waals surface area contributed by atoms with Crippen molar-refractivity contribution in [1.82, 2.24) is 0 Å². The predicted octanol–water partition coefficient (Wildman–Crippen LogP) is 4.16. The van der Waals surface area contributed by atoms with Crippen molar-refractivity contribution in [3.05, 3.63) is 29.8 Å². The molecule has 0 spiro atoms. The number of phenols is 1. The van der Waals surface area contributed by atoms with Crippen LogP contribution in [0.3, 0.4) is 0 Å². The molecule has 7 nitrogen and oxygen atoms in total. The highest BCUT2D eigenvalue weighted by Gasteiger charge is 2.62. The van der Waals surface area contributed by atoms with Crippen molar-refractivity contribution in [3.63, 3.8) is 0 Å². The minimum absolute atomic E-state index is 0.0540. The van der Waals surface area contributed by atoms with Gasteiger partial charge in [-0.1, -0.05) is 13.0 Å². The van der Waals surface area contributed by atoms with Crippen molar-refractivity contribution in [2.24, 2.45) is 17.3 Å². The number of esters is 3. The van der Waals surface area contributed by atoms with Crippen LogP contribution in [0.4, 0.5) is 0 Å². The van der Waals surface area contributed by atoms with Crippen LogP contribution in [-0.4, -0.2) is 40.8 Å². The number of hydrogen-bond donors (Lipinski definition) is 1. The van der Waals surface area contributed by atoms with Crippen molar-refractivity contribution in [2.75, 3.05) is 6.61 Å². The average Bonchev–Trinajstić information content (AvgIpc) is 2.70. The van der Waals surface area contributed by atoms with E-state index in [1.54, 1.807) is 0 Å². The van der Waals surface area contributed by atoms with Crippen molar-refractivity contribution >= 4 is 17.9 Å². The molecule has 32 heavy (non-hydrogen) atoms. The van der Waals surface area contributed by atoms with Gasteiger partial charge in [0.05, 0.1) is 11.0 Å². The Kier molecular flexibility index (Phi) is 5.72. The lowest BCUT2D eigenvalue weighted by atomic mass is 9.52. The first-order chi connectivity index (χ1) is 15.0. The van der Waals surface area contributed by atoms with Crippen LogP contribution in [0.5, 0.6) is 5.75 Å². The number of aromatic hydroxyl groups is 1. The maximum Gasteiger partial charge on any atom is 0.344 e. The van der Waals surface area contributed by atoms with Gasteiger partial charge in [0.25, 0.3) is 0 Å². The Hall–Kier alpha value is -2.57. The van der Waals surface area contributed by atoms with Crippen molar-refractivity contribution in [1.29, 1.82) is 0 Å². The molecular weight excluding hydrogens is 412 g/mol. The maximum atomic E-state index is 12.8. The summed E-state index contributed by atoms with van der Waals surface area (Å²) in [6, 6.07) is 5.76. The number of rotatable bonds is 7. The molecule has 4 aliphatic carbocycles. The highest BCUT2D eigenvalue weighted by molar-refractivity contribution is 5.91. The third-order valence-electron chi connectivity index (χ3n) is 7.43. The molecule has 0 saturated heterocycles. The van der Waals surface area contributed by atoms with Crippen LogP contribution < -0.4 is 0 Å². The van der Waals surface area contributed by atoms with E-state index in [1.165, 1.54) is 24.3 Å². The molecule has 4 fully saturated rings. The Balaban J connectivity index is 1.40. The van der Waals surface area contributed by atoms with Crippen LogP contribution in [-0.2, 0) is 23.8 Å². The van der Waals surface area contributed by atoms with Gasteiger partial charge in [0.15, 0.2) is 6.61 Å². The van der Waals surface area contributed by atoms with Gasteiger partial charge >= 0.3 is 17.9 Å². The number of carbonyl (C=O) groups is 3. The molecule has 1 aromatic rings. The lowest BCUT2D eigenvalue weighted by Crippen LogP contribution is -2.62. The van der Waals surface area contributed by atoms with Crippen LogP contribution in [0.2, 0.25) is 0 Å².